The minimum Gasteiger partial charge on any atom is -0.444 e. The zero-order chi connectivity index (χ0) is 29.1. The molecule has 2 N–H and O–H groups in total. The maximum atomic E-state index is 14.2. The molecule has 10 nitrogen and oxygen atoms in total. The Hall–Kier alpha value is -3.54. The molecule has 0 spiro atoms. The van der Waals surface area contributed by atoms with Crippen molar-refractivity contribution in [1.82, 2.24) is 24.8 Å². The van der Waals surface area contributed by atoms with Gasteiger partial charge < -0.3 is 25.0 Å². The fraction of sp³-hybridized carbons (Fsp3) is 0.586. The summed E-state index contributed by atoms with van der Waals surface area (Å²) in [6, 6.07) is 7.30. The maximum Gasteiger partial charge on any atom is 0.407 e. The Bertz CT molecular complexity index is 1360. The quantitative estimate of drug-likeness (QED) is 0.389. The van der Waals surface area contributed by atoms with E-state index in [0.717, 1.165) is 31.2 Å². The molecule has 0 unspecified atom stereocenters. The topological polar surface area (TPSA) is 106 Å². The molecule has 5 rings (SSSR count). The number of anilines is 2. The molecule has 3 heterocycles. The number of morpholine rings is 1. The van der Waals surface area contributed by atoms with Gasteiger partial charge >= 0.3 is 6.09 Å². The number of alkyl halides is 2. The van der Waals surface area contributed by atoms with Crippen molar-refractivity contribution in [1.29, 1.82) is 0 Å². The molecule has 2 aromatic heterocycles. The molecule has 1 aliphatic carbocycles. The van der Waals surface area contributed by atoms with E-state index in [4.69, 9.17) is 19.4 Å². The fourth-order valence-electron chi connectivity index (χ4n) is 5.38. The van der Waals surface area contributed by atoms with E-state index >= 15 is 0 Å². The molecule has 1 aliphatic heterocycles. The molecule has 222 valence electrons. The Morgan fingerprint density at radius 2 is 1.78 bits per heavy atom. The summed E-state index contributed by atoms with van der Waals surface area (Å²) < 4.78 is 40.7. The second-order valence-corrected chi connectivity index (χ2v) is 11.9. The molecule has 0 atom stereocenters. The van der Waals surface area contributed by atoms with Gasteiger partial charge in [0, 0.05) is 31.7 Å². The van der Waals surface area contributed by atoms with Gasteiger partial charge in [-0.15, -0.1) is 0 Å². The van der Waals surface area contributed by atoms with Crippen LogP contribution in [0.15, 0.2) is 24.3 Å². The number of carbonyl (C=O) groups excluding carboxylic acids is 1. The van der Waals surface area contributed by atoms with E-state index in [1.807, 2.05) is 39.8 Å². The van der Waals surface area contributed by atoms with Crippen molar-refractivity contribution in [3.8, 4) is 5.82 Å². The maximum absolute atomic E-state index is 14.2. The molecular formula is C29H39F2N7O3. The number of hydrogen-bond acceptors (Lipinski definition) is 8. The Kier molecular flexibility index (Phi) is 8.58. The van der Waals surface area contributed by atoms with Crippen LogP contribution in [0.3, 0.4) is 0 Å². The minimum atomic E-state index is -2.77. The number of alkyl carbamates (subject to hydrolysis) is 1. The summed E-state index contributed by atoms with van der Waals surface area (Å²) >= 11 is 0. The van der Waals surface area contributed by atoms with Crippen molar-refractivity contribution in [2.24, 2.45) is 5.92 Å². The highest BCUT2D eigenvalue weighted by atomic mass is 19.3. The molecule has 1 saturated carbocycles. The Balaban J connectivity index is 1.35. The highest BCUT2D eigenvalue weighted by Crippen LogP contribution is 2.30. The zero-order valence-electron chi connectivity index (χ0n) is 24.1. The number of amides is 1. The smallest absolute Gasteiger partial charge is 0.407 e. The van der Waals surface area contributed by atoms with Gasteiger partial charge in [-0.05, 0) is 77.0 Å². The van der Waals surface area contributed by atoms with E-state index in [1.165, 1.54) is 4.57 Å². The van der Waals surface area contributed by atoms with Gasteiger partial charge in [-0.1, -0.05) is 6.07 Å². The number of carbonyl (C=O) groups is 1. The van der Waals surface area contributed by atoms with Crippen molar-refractivity contribution < 1.29 is 23.0 Å². The predicted molar refractivity (Wildman–Crippen MR) is 153 cm³/mol. The third-order valence-corrected chi connectivity index (χ3v) is 7.41. The lowest BCUT2D eigenvalue weighted by Gasteiger charge is -2.30. The lowest BCUT2D eigenvalue weighted by molar-refractivity contribution is 0.0488. The summed E-state index contributed by atoms with van der Waals surface area (Å²) in [6.07, 6.45) is 0.387. The second kappa shape index (κ2) is 12.1. The predicted octanol–water partition coefficient (Wildman–Crippen LogP) is 5.39. The van der Waals surface area contributed by atoms with E-state index in [0.29, 0.717) is 67.4 Å². The molecule has 3 aromatic rings. The van der Waals surface area contributed by atoms with E-state index in [9.17, 15) is 13.6 Å². The first-order valence-electron chi connectivity index (χ1n) is 14.3. The number of benzene rings is 1. The third kappa shape index (κ3) is 7.22. The van der Waals surface area contributed by atoms with Gasteiger partial charge in [0.05, 0.1) is 24.2 Å². The van der Waals surface area contributed by atoms with Gasteiger partial charge in [-0.25, -0.2) is 18.6 Å². The first kappa shape index (κ1) is 29.0. The van der Waals surface area contributed by atoms with Crippen LogP contribution in [0.4, 0.5) is 25.3 Å². The van der Waals surface area contributed by atoms with Crippen LogP contribution in [-0.4, -0.2) is 70.1 Å². The molecule has 0 radical (unpaired) electrons. The number of fused-ring (bicyclic) bond motifs is 1. The van der Waals surface area contributed by atoms with Gasteiger partial charge in [0.25, 0.3) is 6.43 Å². The van der Waals surface area contributed by atoms with Crippen molar-refractivity contribution in [3.63, 3.8) is 0 Å². The van der Waals surface area contributed by atoms with Crippen molar-refractivity contribution in [2.45, 2.75) is 71.4 Å². The van der Waals surface area contributed by atoms with Crippen molar-refractivity contribution in [2.75, 3.05) is 43.1 Å². The molecule has 2 aliphatic rings. The van der Waals surface area contributed by atoms with E-state index in [1.54, 1.807) is 12.1 Å². The van der Waals surface area contributed by atoms with Crippen LogP contribution in [0.5, 0.6) is 0 Å². The first-order chi connectivity index (χ1) is 19.6. The lowest BCUT2D eigenvalue weighted by Crippen LogP contribution is -2.41. The van der Waals surface area contributed by atoms with Crippen LogP contribution in [0, 0.1) is 12.8 Å². The number of ether oxygens (including phenoxy) is 2. The summed E-state index contributed by atoms with van der Waals surface area (Å²) in [5.74, 6) is 1.39. The normalized spacial score (nSPS) is 19.9. The van der Waals surface area contributed by atoms with Crippen molar-refractivity contribution in [3.05, 3.63) is 35.7 Å². The van der Waals surface area contributed by atoms with Gasteiger partial charge in [0.15, 0.2) is 5.82 Å². The summed E-state index contributed by atoms with van der Waals surface area (Å²) in [6.45, 7) is 10.5. The summed E-state index contributed by atoms with van der Waals surface area (Å²) in [5, 5.41) is 6.36. The fourth-order valence-corrected chi connectivity index (χ4v) is 5.38. The standard InChI is InChI=1S/C29H39F2N7O3/c1-18-5-10-21-22(15-18)38(26(34-21)25(30)31)24-16-23(37-11-13-40-14-12-37)35-27(36-24)32-17-19-6-8-20(9-7-19)33-28(39)41-29(2,3)4/h5,10,15-16,19-20,25H,6-9,11-14,17H2,1-4H3,(H,33,39)(H,32,35,36). The van der Waals surface area contributed by atoms with Gasteiger partial charge in [0.2, 0.25) is 5.95 Å². The summed E-state index contributed by atoms with van der Waals surface area (Å²) in [7, 11) is 0. The van der Waals surface area contributed by atoms with E-state index in [-0.39, 0.29) is 18.0 Å². The van der Waals surface area contributed by atoms with Gasteiger partial charge in [-0.2, -0.15) is 9.97 Å². The molecule has 12 heteroatoms. The van der Waals surface area contributed by atoms with Crippen LogP contribution >= 0.6 is 0 Å². The van der Waals surface area contributed by atoms with Crippen LogP contribution in [-0.2, 0) is 9.47 Å². The average molecular weight is 572 g/mol. The van der Waals surface area contributed by atoms with Crippen LogP contribution < -0.4 is 15.5 Å². The Morgan fingerprint density at radius 3 is 2.46 bits per heavy atom. The number of rotatable bonds is 7. The number of halogens is 2. The molecule has 1 aromatic carbocycles. The Morgan fingerprint density at radius 1 is 1.07 bits per heavy atom. The highest BCUT2D eigenvalue weighted by molar-refractivity contribution is 5.79. The molecule has 2 fully saturated rings. The number of imidazole rings is 1. The Labute approximate surface area is 238 Å². The van der Waals surface area contributed by atoms with Crippen LogP contribution in [0.1, 0.15) is 64.3 Å². The minimum absolute atomic E-state index is 0.0827. The number of nitrogens with zero attached hydrogens (tertiary/aromatic N) is 5. The monoisotopic (exact) mass is 571 g/mol. The van der Waals surface area contributed by atoms with Crippen LogP contribution in [0.25, 0.3) is 16.9 Å². The number of nitrogens with one attached hydrogen (secondary N) is 2. The molecule has 1 amide bonds. The van der Waals surface area contributed by atoms with Crippen LogP contribution in [0.2, 0.25) is 0 Å². The van der Waals surface area contributed by atoms with Gasteiger partial charge in [0.1, 0.15) is 17.2 Å². The van der Waals surface area contributed by atoms with E-state index < -0.39 is 12.0 Å². The average Bonchev–Trinajstić information content (AvgIpc) is 3.31. The zero-order valence-corrected chi connectivity index (χ0v) is 24.1. The second-order valence-electron chi connectivity index (χ2n) is 11.9. The number of hydrogen-bond donors (Lipinski definition) is 2. The molecular weight excluding hydrogens is 532 g/mol. The van der Waals surface area contributed by atoms with Crippen molar-refractivity contribution >= 4 is 28.9 Å². The largest absolute Gasteiger partial charge is 0.444 e. The summed E-state index contributed by atoms with van der Waals surface area (Å²) in [5.41, 5.74) is 1.48. The lowest BCUT2D eigenvalue weighted by atomic mass is 9.86. The number of aromatic nitrogens is 4. The molecule has 0 bridgehead atoms. The van der Waals surface area contributed by atoms with E-state index in [2.05, 4.69) is 20.5 Å². The van der Waals surface area contributed by atoms with Gasteiger partial charge in [-0.3, -0.25) is 4.57 Å². The number of aryl methyl sites for hydroxylation is 1. The molecule has 1 saturated heterocycles. The SMILES string of the molecule is Cc1ccc2nc(C(F)F)n(-c3cc(N4CCOCC4)nc(NCC4CCC(NC(=O)OC(C)(C)C)CC4)n3)c2c1. The first-order valence-corrected chi connectivity index (χ1v) is 14.3. The molecule has 41 heavy (non-hydrogen) atoms. The highest BCUT2D eigenvalue weighted by Gasteiger charge is 2.26. The summed E-state index contributed by atoms with van der Waals surface area (Å²) in [4.78, 5) is 27.9. The third-order valence-electron chi connectivity index (χ3n) is 7.41.